The molecule has 0 saturated heterocycles. The minimum absolute atomic E-state index is 0.0423. The molecule has 2 nitrogen and oxygen atoms in total. The Morgan fingerprint density at radius 3 is 2.44 bits per heavy atom. The van der Waals surface area contributed by atoms with Crippen molar-refractivity contribution < 1.29 is 10.2 Å². The molecule has 1 aromatic carbocycles. The van der Waals surface area contributed by atoms with E-state index >= 15 is 0 Å². The zero-order chi connectivity index (χ0) is 12.0. The fourth-order valence-corrected chi connectivity index (χ4v) is 1.75. The lowest BCUT2D eigenvalue weighted by molar-refractivity contribution is 0.0689. The molecule has 2 N–H and O–H groups in total. The van der Waals surface area contributed by atoms with Crippen LogP contribution < -0.4 is 0 Å². The SMILES string of the molecule is C=CC[C@H](O)C[C@@H](O)C(C)c1ccccc1. The molecule has 0 fully saturated rings. The van der Waals surface area contributed by atoms with Gasteiger partial charge in [-0.3, -0.25) is 0 Å². The normalized spacial score (nSPS) is 16.4. The average molecular weight is 220 g/mol. The molecule has 1 unspecified atom stereocenters. The predicted octanol–water partition coefficient (Wildman–Crippen LogP) is 2.48. The maximum atomic E-state index is 9.97. The molecule has 0 aliphatic heterocycles. The molecule has 1 rings (SSSR count). The van der Waals surface area contributed by atoms with Gasteiger partial charge in [0.15, 0.2) is 0 Å². The molecule has 0 saturated carbocycles. The summed E-state index contributed by atoms with van der Waals surface area (Å²) in [4.78, 5) is 0. The van der Waals surface area contributed by atoms with E-state index in [1.165, 1.54) is 0 Å². The van der Waals surface area contributed by atoms with Gasteiger partial charge >= 0.3 is 0 Å². The Kier molecular flexibility index (Phi) is 5.23. The Hall–Kier alpha value is -1.12. The number of benzene rings is 1. The first-order chi connectivity index (χ1) is 7.65. The van der Waals surface area contributed by atoms with Crippen LogP contribution in [0.1, 0.15) is 31.2 Å². The van der Waals surface area contributed by atoms with Crippen molar-refractivity contribution in [2.45, 2.75) is 37.9 Å². The van der Waals surface area contributed by atoms with Crippen LogP contribution in [0.15, 0.2) is 43.0 Å². The van der Waals surface area contributed by atoms with Gasteiger partial charge in [-0.1, -0.05) is 43.3 Å². The topological polar surface area (TPSA) is 40.5 Å². The van der Waals surface area contributed by atoms with E-state index in [-0.39, 0.29) is 5.92 Å². The lowest BCUT2D eigenvalue weighted by Crippen LogP contribution is -2.22. The lowest BCUT2D eigenvalue weighted by atomic mass is 9.91. The van der Waals surface area contributed by atoms with Crippen molar-refractivity contribution in [3.05, 3.63) is 48.6 Å². The Bertz CT molecular complexity index is 308. The highest BCUT2D eigenvalue weighted by atomic mass is 16.3. The number of aliphatic hydroxyl groups is 2. The fraction of sp³-hybridized carbons (Fsp3) is 0.429. The summed E-state index contributed by atoms with van der Waals surface area (Å²) < 4.78 is 0. The minimum Gasteiger partial charge on any atom is -0.393 e. The van der Waals surface area contributed by atoms with Crippen molar-refractivity contribution in [1.29, 1.82) is 0 Å². The van der Waals surface area contributed by atoms with E-state index in [0.717, 1.165) is 5.56 Å². The largest absolute Gasteiger partial charge is 0.393 e. The summed E-state index contributed by atoms with van der Waals surface area (Å²) in [7, 11) is 0. The molecule has 0 aliphatic rings. The summed E-state index contributed by atoms with van der Waals surface area (Å²) in [5.74, 6) is 0.0423. The highest BCUT2D eigenvalue weighted by molar-refractivity contribution is 5.19. The van der Waals surface area contributed by atoms with Gasteiger partial charge in [0.05, 0.1) is 12.2 Å². The zero-order valence-corrected chi connectivity index (χ0v) is 9.71. The Labute approximate surface area is 97.2 Å². The van der Waals surface area contributed by atoms with Crippen molar-refractivity contribution in [2.75, 3.05) is 0 Å². The maximum absolute atomic E-state index is 9.97. The van der Waals surface area contributed by atoms with Crippen LogP contribution in [0.3, 0.4) is 0 Å². The van der Waals surface area contributed by atoms with Gasteiger partial charge in [0, 0.05) is 12.3 Å². The average Bonchev–Trinajstić information content (AvgIpc) is 2.29. The van der Waals surface area contributed by atoms with Gasteiger partial charge in [-0.15, -0.1) is 6.58 Å². The van der Waals surface area contributed by atoms with Gasteiger partial charge in [-0.05, 0) is 12.0 Å². The van der Waals surface area contributed by atoms with E-state index in [0.29, 0.717) is 12.8 Å². The van der Waals surface area contributed by atoms with E-state index in [1.807, 2.05) is 37.3 Å². The van der Waals surface area contributed by atoms with Crippen molar-refractivity contribution in [3.8, 4) is 0 Å². The van der Waals surface area contributed by atoms with Crippen molar-refractivity contribution >= 4 is 0 Å². The summed E-state index contributed by atoms with van der Waals surface area (Å²) in [5, 5.41) is 19.6. The van der Waals surface area contributed by atoms with E-state index in [9.17, 15) is 10.2 Å². The van der Waals surface area contributed by atoms with Crippen LogP contribution in [-0.4, -0.2) is 22.4 Å². The van der Waals surface area contributed by atoms with Crippen LogP contribution in [0.5, 0.6) is 0 Å². The fourth-order valence-electron chi connectivity index (χ4n) is 1.75. The quantitative estimate of drug-likeness (QED) is 0.723. The van der Waals surface area contributed by atoms with Gasteiger partial charge in [0.1, 0.15) is 0 Å². The molecule has 2 heteroatoms. The third-order valence-corrected chi connectivity index (χ3v) is 2.85. The second kappa shape index (κ2) is 6.46. The molecular weight excluding hydrogens is 200 g/mol. The Balaban J connectivity index is 2.54. The van der Waals surface area contributed by atoms with E-state index in [2.05, 4.69) is 6.58 Å². The highest BCUT2D eigenvalue weighted by Crippen LogP contribution is 2.22. The van der Waals surface area contributed by atoms with Gasteiger partial charge in [-0.2, -0.15) is 0 Å². The zero-order valence-electron chi connectivity index (χ0n) is 9.71. The molecule has 0 spiro atoms. The second-order valence-electron chi connectivity index (χ2n) is 4.18. The molecule has 0 heterocycles. The van der Waals surface area contributed by atoms with Gasteiger partial charge in [0.25, 0.3) is 0 Å². The minimum atomic E-state index is -0.516. The molecule has 0 amide bonds. The predicted molar refractivity (Wildman–Crippen MR) is 66.3 cm³/mol. The standard InChI is InChI=1S/C14H20O2/c1-3-7-13(15)10-14(16)11(2)12-8-5-4-6-9-12/h3-6,8-9,11,13-16H,1,7,10H2,2H3/t11?,13-,14+/m0/s1. The van der Waals surface area contributed by atoms with Crippen molar-refractivity contribution in [2.24, 2.45) is 0 Å². The van der Waals surface area contributed by atoms with Crippen LogP contribution in [0.4, 0.5) is 0 Å². The number of rotatable bonds is 6. The van der Waals surface area contributed by atoms with Crippen LogP contribution in [0, 0.1) is 0 Å². The summed E-state index contributed by atoms with van der Waals surface area (Å²) in [6.07, 6.45) is 1.57. The van der Waals surface area contributed by atoms with Gasteiger partial charge < -0.3 is 10.2 Å². The third-order valence-electron chi connectivity index (χ3n) is 2.85. The van der Waals surface area contributed by atoms with Gasteiger partial charge in [0.2, 0.25) is 0 Å². The molecule has 16 heavy (non-hydrogen) atoms. The van der Waals surface area contributed by atoms with Crippen molar-refractivity contribution in [1.82, 2.24) is 0 Å². The van der Waals surface area contributed by atoms with E-state index in [1.54, 1.807) is 6.08 Å². The third kappa shape index (κ3) is 3.80. The smallest absolute Gasteiger partial charge is 0.0630 e. The van der Waals surface area contributed by atoms with E-state index < -0.39 is 12.2 Å². The summed E-state index contributed by atoms with van der Waals surface area (Å²) >= 11 is 0. The van der Waals surface area contributed by atoms with Crippen molar-refractivity contribution in [3.63, 3.8) is 0 Å². The summed E-state index contributed by atoms with van der Waals surface area (Å²) in [6.45, 7) is 5.54. The second-order valence-corrected chi connectivity index (χ2v) is 4.18. The summed E-state index contributed by atoms with van der Waals surface area (Å²) in [6, 6.07) is 9.86. The van der Waals surface area contributed by atoms with Crippen LogP contribution in [0.2, 0.25) is 0 Å². The number of hydrogen-bond acceptors (Lipinski definition) is 2. The molecule has 0 bridgehead atoms. The summed E-state index contributed by atoms with van der Waals surface area (Å²) in [5.41, 5.74) is 1.10. The molecule has 88 valence electrons. The molecule has 1 aromatic rings. The van der Waals surface area contributed by atoms with Gasteiger partial charge in [-0.25, -0.2) is 0 Å². The lowest BCUT2D eigenvalue weighted by Gasteiger charge is -2.21. The molecular formula is C14H20O2. The Morgan fingerprint density at radius 2 is 1.88 bits per heavy atom. The monoisotopic (exact) mass is 220 g/mol. The van der Waals surface area contributed by atoms with Crippen LogP contribution in [-0.2, 0) is 0 Å². The number of aliphatic hydroxyl groups excluding tert-OH is 2. The van der Waals surface area contributed by atoms with Crippen LogP contribution in [0.25, 0.3) is 0 Å². The molecule has 0 aromatic heterocycles. The first-order valence-corrected chi connectivity index (χ1v) is 5.67. The first-order valence-electron chi connectivity index (χ1n) is 5.67. The first kappa shape index (κ1) is 12.9. The van der Waals surface area contributed by atoms with Crippen LogP contribution >= 0.6 is 0 Å². The molecule has 0 aliphatic carbocycles. The maximum Gasteiger partial charge on any atom is 0.0630 e. The Morgan fingerprint density at radius 1 is 1.25 bits per heavy atom. The number of hydrogen-bond donors (Lipinski definition) is 2. The molecule has 3 atom stereocenters. The van der Waals surface area contributed by atoms with E-state index in [4.69, 9.17) is 0 Å². The highest BCUT2D eigenvalue weighted by Gasteiger charge is 2.18. The molecule has 0 radical (unpaired) electrons.